The predicted octanol–water partition coefficient (Wildman–Crippen LogP) is 12.7. The first-order valence-corrected chi connectivity index (χ1v) is 18.4. The minimum absolute atomic E-state index is 1.04. The van der Waals surface area contributed by atoms with Gasteiger partial charge < -0.3 is 13.7 Å². The number of fused-ring (bicyclic) bond motifs is 13. The summed E-state index contributed by atoms with van der Waals surface area (Å²) in [6.45, 7) is 0. The maximum Gasteiger partial charge on any atom is 0.0666 e. The Morgan fingerprint density at radius 1 is 0.346 bits per heavy atom. The highest BCUT2D eigenvalue weighted by molar-refractivity contribution is 7.26. The van der Waals surface area contributed by atoms with Gasteiger partial charge in [0.25, 0.3) is 0 Å². The van der Waals surface area contributed by atoms with Crippen molar-refractivity contribution < 1.29 is 0 Å². The molecule has 0 bridgehead atoms. The zero-order chi connectivity index (χ0) is 33.9. The van der Waals surface area contributed by atoms with Gasteiger partial charge in [-0.1, -0.05) is 97.1 Å². The summed E-state index contributed by atoms with van der Waals surface area (Å²) in [6.07, 6.45) is 3.98. The lowest BCUT2D eigenvalue weighted by Crippen LogP contribution is -1.99. The van der Waals surface area contributed by atoms with Gasteiger partial charge in [-0.25, -0.2) is 0 Å². The van der Waals surface area contributed by atoms with E-state index in [4.69, 9.17) is 4.98 Å². The lowest BCUT2D eigenvalue weighted by molar-refractivity contribution is 1.09. The van der Waals surface area contributed by atoms with Crippen molar-refractivity contribution in [2.75, 3.05) is 0 Å². The number of hydrogen-bond donors (Lipinski definition) is 0. The van der Waals surface area contributed by atoms with Crippen LogP contribution in [0.3, 0.4) is 0 Å². The van der Waals surface area contributed by atoms with Crippen LogP contribution in [0.25, 0.3) is 103 Å². The zero-order valence-electron chi connectivity index (χ0n) is 27.9. The first-order valence-electron chi connectivity index (χ1n) is 17.6. The van der Waals surface area contributed by atoms with Crippen molar-refractivity contribution in [2.45, 2.75) is 0 Å². The van der Waals surface area contributed by atoms with E-state index in [2.05, 4.69) is 171 Å². The Hall–Kier alpha value is -6.69. The first-order chi connectivity index (χ1) is 25.8. The molecule has 242 valence electrons. The molecule has 0 aliphatic carbocycles. The normalized spacial score (nSPS) is 12.2. The highest BCUT2D eigenvalue weighted by Crippen LogP contribution is 2.44. The van der Waals surface area contributed by atoms with E-state index in [0.29, 0.717) is 0 Å². The van der Waals surface area contributed by atoms with Gasteiger partial charge in [-0.3, -0.25) is 4.98 Å². The largest absolute Gasteiger partial charge is 0.309 e. The Kier molecular flexibility index (Phi) is 5.62. The number of para-hydroxylation sites is 5. The van der Waals surface area contributed by atoms with E-state index in [1.807, 2.05) is 23.7 Å². The van der Waals surface area contributed by atoms with Crippen molar-refractivity contribution in [1.29, 1.82) is 0 Å². The highest BCUT2D eigenvalue weighted by atomic mass is 32.1. The van der Waals surface area contributed by atoms with Crippen LogP contribution in [0, 0.1) is 0 Å². The zero-order valence-corrected chi connectivity index (χ0v) is 28.7. The first kappa shape index (κ1) is 28.1. The van der Waals surface area contributed by atoms with E-state index < -0.39 is 0 Å². The van der Waals surface area contributed by atoms with Crippen LogP contribution in [-0.2, 0) is 0 Å². The highest BCUT2D eigenvalue weighted by Gasteiger charge is 2.20. The van der Waals surface area contributed by atoms with Crippen LogP contribution >= 0.6 is 11.3 Å². The van der Waals surface area contributed by atoms with Gasteiger partial charge in [-0.2, -0.15) is 0 Å². The number of pyridine rings is 1. The van der Waals surface area contributed by atoms with Gasteiger partial charge in [0.1, 0.15) is 0 Å². The van der Waals surface area contributed by atoms with Crippen molar-refractivity contribution in [1.82, 2.24) is 18.7 Å². The molecule has 0 spiro atoms. The SMILES string of the molecule is c1ccc2c(c1)c1ccccc1n2-c1cncc(-n2c3ccccc3c3c4sc5ccc(-n6c7ccccc7c7ccccc76)cc5c4ccc32)c1. The average Bonchev–Trinajstić information content (AvgIpc) is 3.94. The molecule has 4 nitrogen and oxygen atoms in total. The van der Waals surface area contributed by atoms with E-state index in [1.165, 1.54) is 91.3 Å². The second-order valence-corrected chi connectivity index (χ2v) is 14.7. The Balaban J connectivity index is 1.09. The summed E-state index contributed by atoms with van der Waals surface area (Å²) >= 11 is 1.89. The molecule has 0 atom stereocenters. The van der Waals surface area contributed by atoms with Crippen LogP contribution in [0.4, 0.5) is 0 Å². The van der Waals surface area contributed by atoms with E-state index in [0.717, 1.165) is 11.4 Å². The molecule has 5 heteroatoms. The van der Waals surface area contributed by atoms with Crippen LogP contribution in [0.5, 0.6) is 0 Å². The van der Waals surface area contributed by atoms with Gasteiger partial charge in [0, 0.05) is 58.2 Å². The molecule has 0 amide bonds. The molecule has 7 aromatic carbocycles. The fourth-order valence-electron chi connectivity index (χ4n) is 8.75. The third kappa shape index (κ3) is 3.72. The van der Waals surface area contributed by atoms with Gasteiger partial charge >= 0.3 is 0 Å². The molecular formula is C47H28N4S. The van der Waals surface area contributed by atoms with Crippen molar-refractivity contribution in [3.63, 3.8) is 0 Å². The number of nitrogens with zero attached hydrogens (tertiary/aromatic N) is 4. The minimum atomic E-state index is 1.04. The summed E-state index contributed by atoms with van der Waals surface area (Å²) in [5, 5.41) is 10.2. The Labute approximate surface area is 301 Å². The second-order valence-electron chi connectivity index (χ2n) is 13.6. The monoisotopic (exact) mass is 680 g/mol. The van der Waals surface area contributed by atoms with E-state index >= 15 is 0 Å². The van der Waals surface area contributed by atoms with Crippen LogP contribution in [0.2, 0.25) is 0 Å². The number of thiophene rings is 1. The van der Waals surface area contributed by atoms with Crippen LogP contribution in [0.1, 0.15) is 0 Å². The van der Waals surface area contributed by atoms with E-state index in [1.54, 1.807) is 0 Å². The number of hydrogen-bond acceptors (Lipinski definition) is 2. The summed E-state index contributed by atoms with van der Waals surface area (Å²) in [6, 6.07) is 57.4. The molecule has 12 rings (SSSR count). The number of benzene rings is 7. The molecule has 5 heterocycles. The van der Waals surface area contributed by atoms with Crippen molar-refractivity contribution >= 4 is 96.9 Å². The fraction of sp³-hybridized carbons (Fsp3) is 0. The molecule has 0 fully saturated rings. The molecule has 0 aliphatic rings. The Morgan fingerprint density at radius 3 is 1.37 bits per heavy atom. The van der Waals surface area contributed by atoms with Gasteiger partial charge in [0.15, 0.2) is 0 Å². The van der Waals surface area contributed by atoms with Crippen molar-refractivity contribution in [2.24, 2.45) is 0 Å². The fourth-order valence-corrected chi connectivity index (χ4v) is 9.99. The summed E-state index contributed by atoms with van der Waals surface area (Å²) < 4.78 is 9.75. The molecule has 0 saturated carbocycles. The van der Waals surface area contributed by atoms with Gasteiger partial charge in [0.05, 0.1) is 56.9 Å². The molecular weight excluding hydrogens is 653 g/mol. The molecule has 0 radical (unpaired) electrons. The summed E-state index contributed by atoms with van der Waals surface area (Å²) in [5.41, 5.74) is 10.4. The van der Waals surface area contributed by atoms with E-state index in [-0.39, 0.29) is 0 Å². The lowest BCUT2D eigenvalue weighted by Gasteiger charge is -2.12. The third-order valence-electron chi connectivity index (χ3n) is 10.9. The maximum atomic E-state index is 4.86. The number of rotatable bonds is 3. The van der Waals surface area contributed by atoms with Gasteiger partial charge in [-0.15, -0.1) is 11.3 Å². The van der Waals surface area contributed by atoms with Gasteiger partial charge in [0.2, 0.25) is 0 Å². The molecule has 0 unspecified atom stereocenters. The quantitative estimate of drug-likeness (QED) is 0.182. The molecule has 52 heavy (non-hydrogen) atoms. The lowest BCUT2D eigenvalue weighted by atomic mass is 10.1. The van der Waals surface area contributed by atoms with E-state index in [9.17, 15) is 0 Å². The van der Waals surface area contributed by atoms with Gasteiger partial charge in [-0.05, 0) is 60.7 Å². The average molecular weight is 681 g/mol. The Morgan fingerprint density at radius 2 is 0.808 bits per heavy atom. The van der Waals surface area contributed by atoms with Crippen molar-refractivity contribution in [3.8, 4) is 17.1 Å². The van der Waals surface area contributed by atoms with Crippen LogP contribution in [-0.4, -0.2) is 18.7 Å². The molecule has 5 aromatic heterocycles. The topological polar surface area (TPSA) is 27.7 Å². The van der Waals surface area contributed by atoms with Crippen LogP contribution < -0.4 is 0 Å². The maximum absolute atomic E-state index is 4.86. The smallest absolute Gasteiger partial charge is 0.0666 e. The molecule has 0 saturated heterocycles. The third-order valence-corrected chi connectivity index (χ3v) is 12.1. The van der Waals surface area contributed by atoms with Crippen LogP contribution in [0.15, 0.2) is 170 Å². The Bertz CT molecular complexity index is 3320. The molecule has 12 aromatic rings. The summed E-state index contributed by atoms with van der Waals surface area (Å²) in [7, 11) is 0. The number of aromatic nitrogens is 4. The summed E-state index contributed by atoms with van der Waals surface area (Å²) in [4.78, 5) is 4.86. The second kappa shape index (κ2) is 10.4. The summed E-state index contributed by atoms with van der Waals surface area (Å²) in [5.74, 6) is 0. The predicted molar refractivity (Wildman–Crippen MR) is 220 cm³/mol. The molecule has 0 N–H and O–H groups in total. The van der Waals surface area contributed by atoms with Crippen molar-refractivity contribution in [3.05, 3.63) is 170 Å². The standard InChI is InChI=1S/C47H28N4S/c1-6-16-39-32(11-1)33-12-2-7-17-40(33)49(39)29-21-24-45-38(26-29)36-22-23-44-46(47(36)52-45)37-15-5-10-20-43(37)51(44)31-25-30(27-48-28-31)50-41-18-8-3-13-34(41)35-14-4-9-19-42(35)50/h1-28H. The molecule has 0 aliphatic heterocycles. The minimum Gasteiger partial charge on any atom is -0.309 e.